The Balaban J connectivity index is 0.00000116. The number of halogens is 1. The molecule has 1 aliphatic heterocycles. The van der Waals surface area contributed by atoms with E-state index in [-0.39, 0.29) is 12.1 Å². The minimum Gasteiger partial charge on any atom is -0.375 e. The third-order valence-electron chi connectivity index (χ3n) is 4.17. The lowest BCUT2D eigenvalue weighted by molar-refractivity contribution is 0.0615. The van der Waals surface area contributed by atoms with E-state index >= 15 is 0 Å². The van der Waals surface area contributed by atoms with Crippen molar-refractivity contribution in [2.24, 2.45) is 5.92 Å². The van der Waals surface area contributed by atoms with Gasteiger partial charge in [0.25, 0.3) is 0 Å². The van der Waals surface area contributed by atoms with E-state index in [9.17, 15) is 4.39 Å². The predicted octanol–water partition coefficient (Wildman–Crippen LogP) is 3.80. The number of methoxy groups -OCH3 is 1. The highest BCUT2D eigenvalue weighted by molar-refractivity contribution is 5.49. The predicted molar refractivity (Wildman–Crippen MR) is 92.4 cm³/mol. The number of alkyl halides is 1. The third-order valence-corrected chi connectivity index (χ3v) is 4.17. The van der Waals surface area contributed by atoms with Gasteiger partial charge in [-0.3, -0.25) is 0 Å². The van der Waals surface area contributed by atoms with Gasteiger partial charge in [-0.2, -0.15) is 0 Å². The van der Waals surface area contributed by atoms with Crippen LogP contribution in [0.25, 0.3) is 0 Å². The maximum atomic E-state index is 13.0. The van der Waals surface area contributed by atoms with Gasteiger partial charge in [0.15, 0.2) is 0 Å². The Labute approximate surface area is 134 Å². The van der Waals surface area contributed by atoms with E-state index in [2.05, 4.69) is 29.3 Å². The molecule has 1 aromatic rings. The summed E-state index contributed by atoms with van der Waals surface area (Å²) in [5.74, 6) is 0.765. The van der Waals surface area contributed by atoms with Crippen molar-refractivity contribution in [3.63, 3.8) is 0 Å². The van der Waals surface area contributed by atoms with Gasteiger partial charge in [-0.15, -0.1) is 0 Å². The van der Waals surface area contributed by atoms with Crippen molar-refractivity contribution in [3.8, 4) is 0 Å². The number of nitrogens with zero attached hydrogens (tertiary/aromatic N) is 1. The zero-order chi connectivity index (χ0) is 16.5. The second-order valence-electron chi connectivity index (χ2n) is 5.64. The Kier molecular flexibility index (Phi) is 8.43. The number of hydrogen-bond acceptors (Lipinski definition) is 3. The molecule has 0 bridgehead atoms. The lowest BCUT2D eigenvalue weighted by atomic mass is 10.0. The molecule has 1 aliphatic rings. The minimum atomic E-state index is -0.444. The molecule has 126 valence electrons. The molecular formula is C18H31FN2O. The van der Waals surface area contributed by atoms with Crippen LogP contribution in [0.2, 0.25) is 0 Å². The summed E-state index contributed by atoms with van der Waals surface area (Å²) in [5, 5.41) is 2.97. The molecule has 0 spiro atoms. The molecule has 1 saturated heterocycles. The van der Waals surface area contributed by atoms with Gasteiger partial charge in [0.05, 0.1) is 12.1 Å². The lowest BCUT2D eigenvalue weighted by Gasteiger charge is -2.25. The summed E-state index contributed by atoms with van der Waals surface area (Å²) in [6.45, 7) is 8.09. The Morgan fingerprint density at radius 1 is 1.32 bits per heavy atom. The van der Waals surface area contributed by atoms with Crippen molar-refractivity contribution < 1.29 is 9.13 Å². The Hall–Kier alpha value is -1.13. The smallest absolute Gasteiger partial charge is 0.108 e. The van der Waals surface area contributed by atoms with E-state index in [1.807, 2.05) is 26.0 Å². The highest BCUT2D eigenvalue weighted by atomic mass is 19.1. The molecule has 0 aliphatic carbocycles. The number of nitrogens with one attached hydrogen (secondary N) is 1. The molecule has 1 aromatic carbocycles. The van der Waals surface area contributed by atoms with Gasteiger partial charge in [0.2, 0.25) is 0 Å². The summed E-state index contributed by atoms with van der Waals surface area (Å²) in [5.41, 5.74) is 2.26. The average Bonchev–Trinajstić information content (AvgIpc) is 3.01. The number of anilines is 1. The van der Waals surface area contributed by atoms with Crippen LogP contribution in [0, 0.1) is 5.92 Å². The van der Waals surface area contributed by atoms with Crippen LogP contribution in [0.15, 0.2) is 24.3 Å². The van der Waals surface area contributed by atoms with Gasteiger partial charge in [-0.05, 0) is 37.1 Å². The maximum absolute atomic E-state index is 13.0. The first-order valence-electron chi connectivity index (χ1n) is 8.30. The fraction of sp³-hybridized carbons (Fsp3) is 0.667. The van der Waals surface area contributed by atoms with Crippen LogP contribution in [0.4, 0.5) is 10.1 Å². The van der Waals surface area contributed by atoms with Gasteiger partial charge in [0.1, 0.15) is 6.67 Å². The zero-order valence-electron chi connectivity index (χ0n) is 14.6. The van der Waals surface area contributed by atoms with E-state index in [0.29, 0.717) is 0 Å². The first kappa shape index (κ1) is 18.9. The van der Waals surface area contributed by atoms with Crippen LogP contribution in [0.1, 0.15) is 38.9 Å². The van der Waals surface area contributed by atoms with E-state index in [0.717, 1.165) is 24.6 Å². The normalized spacial score (nSPS) is 20.3. The fourth-order valence-electron chi connectivity index (χ4n) is 2.89. The quantitative estimate of drug-likeness (QED) is 0.865. The Morgan fingerprint density at radius 2 is 1.95 bits per heavy atom. The summed E-state index contributed by atoms with van der Waals surface area (Å²) < 4.78 is 18.4. The SMILES string of the molecule is CC.CNC(CF)C(OC)c1ccc(N2CCC(C)C2)cc1. The Bertz CT molecular complexity index is 406. The second kappa shape index (κ2) is 9.80. The van der Waals surface area contributed by atoms with Crippen LogP contribution in [0.5, 0.6) is 0 Å². The van der Waals surface area contributed by atoms with E-state index in [4.69, 9.17) is 4.74 Å². The molecule has 0 radical (unpaired) electrons. The molecule has 3 atom stereocenters. The summed E-state index contributed by atoms with van der Waals surface area (Å²) in [6.07, 6.45) is 1.00. The molecule has 1 N–H and O–H groups in total. The van der Waals surface area contributed by atoms with Crippen molar-refractivity contribution in [1.29, 1.82) is 0 Å². The highest BCUT2D eigenvalue weighted by Crippen LogP contribution is 2.27. The molecule has 0 aromatic heterocycles. The van der Waals surface area contributed by atoms with E-state index < -0.39 is 6.67 Å². The first-order valence-corrected chi connectivity index (χ1v) is 8.30. The molecule has 22 heavy (non-hydrogen) atoms. The molecule has 0 saturated carbocycles. The van der Waals surface area contributed by atoms with Crippen molar-refractivity contribution >= 4 is 5.69 Å². The molecule has 2 rings (SSSR count). The molecule has 1 fully saturated rings. The second-order valence-corrected chi connectivity index (χ2v) is 5.64. The van der Waals surface area contributed by atoms with Crippen molar-refractivity contribution in [2.75, 3.05) is 38.8 Å². The summed E-state index contributed by atoms with van der Waals surface area (Å²) in [6, 6.07) is 8.02. The summed E-state index contributed by atoms with van der Waals surface area (Å²) in [7, 11) is 3.39. The van der Waals surface area contributed by atoms with Crippen LogP contribution >= 0.6 is 0 Å². The molecule has 3 nitrogen and oxygen atoms in total. The van der Waals surface area contributed by atoms with Crippen LogP contribution < -0.4 is 10.2 Å². The van der Waals surface area contributed by atoms with E-state index in [1.165, 1.54) is 12.1 Å². The van der Waals surface area contributed by atoms with Crippen LogP contribution in [0.3, 0.4) is 0 Å². The Morgan fingerprint density at radius 3 is 2.36 bits per heavy atom. The lowest BCUT2D eigenvalue weighted by Crippen LogP contribution is -2.35. The van der Waals surface area contributed by atoms with Crippen molar-refractivity contribution in [1.82, 2.24) is 5.32 Å². The summed E-state index contributed by atoms with van der Waals surface area (Å²) in [4.78, 5) is 2.40. The standard InChI is InChI=1S/C16H25FN2O.C2H6/c1-12-8-9-19(11-12)14-6-4-13(5-7-14)16(20-3)15(10-17)18-2;1-2/h4-7,12,15-16,18H,8-11H2,1-3H3;1-2H3. The van der Waals surface area contributed by atoms with Gasteiger partial charge in [0, 0.05) is 25.9 Å². The molecule has 1 heterocycles. The van der Waals surface area contributed by atoms with Crippen molar-refractivity contribution in [2.45, 2.75) is 39.3 Å². The highest BCUT2D eigenvalue weighted by Gasteiger charge is 2.23. The monoisotopic (exact) mass is 310 g/mol. The van der Waals surface area contributed by atoms with Crippen LogP contribution in [-0.2, 0) is 4.74 Å². The fourth-order valence-corrected chi connectivity index (χ4v) is 2.89. The maximum Gasteiger partial charge on any atom is 0.108 e. The third kappa shape index (κ3) is 4.68. The molecule has 3 unspecified atom stereocenters. The topological polar surface area (TPSA) is 24.5 Å². The number of benzene rings is 1. The van der Waals surface area contributed by atoms with E-state index in [1.54, 1.807) is 14.2 Å². The van der Waals surface area contributed by atoms with Gasteiger partial charge in [-0.25, -0.2) is 4.39 Å². The molecule has 0 amide bonds. The van der Waals surface area contributed by atoms with Gasteiger partial charge >= 0.3 is 0 Å². The van der Waals surface area contributed by atoms with Gasteiger partial charge < -0.3 is 15.0 Å². The summed E-state index contributed by atoms with van der Waals surface area (Å²) >= 11 is 0. The minimum absolute atomic E-state index is 0.253. The number of likely N-dealkylation sites (N-methyl/N-ethyl adjacent to an activating group) is 1. The van der Waals surface area contributed by atoms with Gasteiger partial charge in [-0.1, -0.05) is 32.9 Å². The van der Waals surface area contributed by atoms with Crippen LogP contribution in [-0.4, -0.2) is 40.0 Å². The largest absolute Gasteiger partial charge is 0.375 e. The number of ether oxygens (including phenoxy) is 1. The number of rotatable bonds is 6. The average molecular weight is 310 g/mol. The molecular weight excluding hydrogens is 279 g/mol. The first-order chi connectivity index (χ1) is 10.7. The van der Waals surface area contributed by atoms with Crippen molar-refractivity contribution in [3.05, 3.63) is 29.8 Å². The molecule has 4 heteroatoms. The number of hydrogen-bond donors (Lipinski definition) is 1. The zero-order valence-corrected chi connectivity index (χ0v) is 14.6.